The van der Waals surface area contributed by atoms with Crippen LogP contribution in [0.5, 0.6) is 0 Å². The molecule has 9 aromatic rings. The number of aromatic nitrogens is 2. The normalized spacial score (nSPS) is 11.1. The van der Waals surface area contributed by atoms with E-state index in [4.69, 9.17) is 0 Å². The summed E-state index contributed by atoms with van der Waals surface area (Å²) in [4.78, 5) is 0. The summed E-state index contributed by atoms with van der Waals surface area (Å²) in [6, 6.07) is 57.6. The van der Waals surface area contributed by atoms with E-state index in [9.17, 15) is 15.8 Å². The SMILES string of the molecule is N#Cc1ccc2c(c1)c1ccccc1n2-c1cccc(C#N)c1-c1cccc(-c2ccc(-n3c4ccccc4c4ccccc43)cc2)c1C#N. The van der Waals surface area contributed by atoms with Crippen LogP contribution in [0.2, 0.25) is 0 Å². The van der Waals surface area contributed by atoms with E-state index < -0.39 is 0 Å². The number of nitrogens with zero attached hydrogens (tertiary/aromatic N) is 5. The van der Waals surface area contributed by atoms with Gasteiger partial charge in [-0.05, 0) is 66.2 Å². The molecule has 0 spiro atoms. The molecule has 230 valence electrons. The van der Waals surface area contributed by atoms with Gasteiger partial charge in [-0.15, -0.1) is 0 Å². The summed E-state index contributed by atoms with van der Waals surface area (Å²) in [6.45, 7) is 0. The summed E-state index contributed by atoms with van der Waals surface area (Å²) in [5, 5.41) is 35.2. The van der Waals surface area contributed by atoms with Crippen LogP contribution in [0.3, 0.4) is 0 Å². The lowest BCUT2D eigenvalue weighted by atomic mass is 9.89. The Morgan fingerprint density at radius 1 is 0.420 bits per heavy atom. The van der Waals surface area contributed by atoms with Crippen LogP contribution in [0.25, 0.3) is 77.2 Å². The molecule has 0 fully saturated rings. The molecule has 0 saturated heterocycles. The highest BCUT2D eigenvalue weighted by molar-refractivity contribution is 6.11. The van der Waals surface area contributed by atoms with Crippen molar-refractivity contribution < 1.29 is 0 Å². The van der Waals surface area contributed by atoms with Crippen LogP contribution in [-0.4, -0.2) is 9.13 Å². The summed E-state index contributed by atoms with van der Waals surface area (Å²) in [5.41, 5.74) is 10.6. The Balaban J connectivity index is 1.24. The molecule has 5 heteroatoms. The van der Waals surface area contributed by atoms with Gasteiger partial charge in [0.25, 0.3) is 0 Å². The van der Waals surface area contributed by atoms with E-state index in [1.54, 1.807) is 6.07 Å². The third-order valence-corrected chi connectivity index (χ3v) is 9.67. The van der Waals surface area contributed by atoms with E-state index in [2.05, 4.69) is 100 Å². The first-order valence-corrected chi connectivity index (χ1v) is 16.3. The number of hydrogen-bond acceptors (Lipinski definition) is 3. The molecule has 0 bridgehead atoms. The molecule has 9 rings (SSSR count). The summed E-state index contributed by atoms with van der Waals surface area (Å²) in [7, 11) is 0. The molecular formula is C45H25N5. The van der Waals surface area contributed by atoms with E-state index in [0.29, 0.717) is 27.8 Å². The van der Waals surface area contributed by atoms with Gasteiger partial charge in [-0.25, -0.2) is 0 Å². The highest BCUT2D eigenvalue weighted by Crippen LogP contribution is 2.41. The Kier molecular flexibility index (Phi) is 6.56. The van der Waals surface area contributed by atoms with E-state index in [1.807, 2.05) is 72.8 Å². The van der Waals surface area contributed by atoms with Gasteiger partial charge in [-0.3, -0.25) is 0 Å². The first kappa shape index (κ1) is 28.8. The van der Waals surface area contributed by atoms with Crippen LogP contribution in [0, 0.1) is 34.0 Å². The average Bonchev–Trinajstić information content (AvgIpc) is 3.70. The van der Waals surface area contributed by atoms with Gasteiger partial charge in [0.2, 0.25) is 0 Å². The number of rotatable bonds is 4. The highest BCUT2D eigenvalue weighted by atomic mass is 15.0. The van der Waals surface area contributed by atoms with Gasteiger partial charge in [0.15, 0.2) is 0 Å². The second-order valence-electron chi connectivity index (χ2n) is 12.3. The molecule has 0 N–H and O–H groups in total. The third-order valence-electron chi connectivity index (χ3n) is 9.67. The molecule has 0 saturated carbocycles. The highest BCUT2D eigenvalue weighted by Gasteiger charge is 2.22. The Bertz CT molecular complexity index is 2900. The van der Waals surface area contributed by atoms with Crippen LogP contribution >= 0.6 is 0 Å². The van der Waals surface area contributed by atoms with Crippen molar-refractivity contribution in [3.05, 3.63) is 168 Å². The van der Waals surface area contributed by atoms with E-state index in [1.165, 1.54) is 10.8 Å². The second kappa shape index (κ2) is 11.4. The lowest BCUT2D eigenvalue weighted by molar-refractivity contribution is 1.18. The number of hydrogen-bond donors (Lipinski definition) is 0. The van der Waals surface area contributed by atoms with E-state index in [0.717, 1.165) is 55.3 Å². The van der Waals surface area contributed by atoms with Crippen molar-refractivity contribution in [2.75, 3.05) is 0 Å². The van der Waals surface area contributed by atoms with Crippen LogP contribution < -0.4 is 0 Å². The van der Waals surface area contributed by atoms with E-state index >= 15 is 0 Å². The zero-order chi connectivity index (χ0) is 33.8. The van der Waals surface area contributed by atoms with Crippen molar-refractivity contribution in [1.82, 2.24) is 9.13 Å². The maximum Gasteiger partial charge on any atom is 0.100 e. The minimum atomic E-state index is 0.470. The monoisotopic (exact) mass is 635 g/mol. The minimum absolute atomic E-state index is 0.470. The molecule has 5 nitrogen and oxygen atoms in total. The molecule has 0 unspecified atom stereocenters. The molecule has 0 amide bonds. The molecule has 0 aliphatic carbocycles. The fourth-order valence-corrected chi connectivity index (χ4v) is 7.52. The first-order valence-electron chi connectivity index (χ1n) is 16.3. The molecule has 7 aromatic carbocycles. The zero-order valence-corrected chi connectivity index (χ0v) is 26.7. The molecule has 0 aliphatic rings. The fraction of sp³-hybridized carbons (Fsp3) is 0. The van der Waals surface area contributed by atoms with Gasteiger partial charge in [0, 0.05) is 43.9 Å². The van der Waals surface area contributed by atoms with Gasteiger partial charge in [-0.1, -0.05) is 91.0 Å². The predicted octanol–water partition coefficient (Wildman–Crippen LogP) is 10.8. The van der Waals surface area contributed by atoms with Crippen molar-refractivity contribution >= 4 is 43.6 Å². The molecular weight excluding hydrogens is 611 g/mol. The van der Waals surface area contributed by atoms with Crippen LogP contribution in [0.4, 0.5) is 0 Å². The van der Waals surface area contributed by atoms with Crippen molar-refractivity contribution in [2.24, 2.45) is 0 Å². The zero-order valence-electron chi connectivity index (χ0n) is 26.7. The van der Waals surface area contributed by atoms with Gasteiger partial charge in [0.05, 0.1) is 56.6 Å². The number of fused-ring (bicyclic) bond motifs is 6. The summed E-state index contributed by atoms with van der Waals surface area (Å²) >= 11 is 0. The van der Waals surface area contributed by atoms with Gasteiger partial charge < -0.3 is 9.13 Å². The first-order chi connectivity index (χ1) is 24.7. The Morgan fingerprint density at radius 3 is 1.64 bits per heavy atom. The van der Waals surface area contributed by atoms with Crippen LogP contribution in [0.15, 0.2) is 152 Å². The average molecular weight is 636 g/mol. The largest absolute Gasteiger partial charge is 0.309 e. The molecule has 2 aromatic heterocycles. The predicted molar refractivity (Wildman–Crippen MR) is 200 cm³/mol. The summed E-state index contributed by atoms with van der Waals surface area (Å²) in [6.07, 6.45) is 0. The maximum atomic E-state index is 10.8. The lowest BCUT2D eigenvalue weighted by Gasteiger charge is -2.18. The quantitative estimate of drug-likeness (QED) is 0.193. The summed E-state index contributed by atoms with van der Waals surface area (Å²) in [5.74, 6) is 0. The maximum absolute atomic E-state index is 10.8. The van der Waals surface area contributed by atoms with E-state index in [-0.39, 0.29) is 0 Å². The smallest absolute Gasteiger partial charge is 0.100 e. The molecule has 2 heterocycles. The summed E-state index contributed by atoms with van der Waals surface area (Å²) < 4.78 is 4.41. The minimum Gasteiger partial charge on any atom is -0.309 e. The molecule has 50 heavy (non-hydrogen) atoms. The van der Waals surface area contributed by atoms with Gasteiger partial charge in [-0.2, -0.15) is 15.8 Å². The van der Waals surface area contributed by atoms with Gasteiger partial charge >= 0.3 is 0 Å². The Labute approximate surface area is 287 Å². The number of para-hydroxylation sites is 3. The van der Waals surface area contributed by atoms with Crippen molar-refractivity contribution in [3.8, 4) is 51.8 Å². The number of nitriles is 3. The fourth-order valence-electron chi connectivity index (χ4n) is 7.52. The third kappa shape index (κ3) is 4.24. The van der Waals surface area contributed by atoms with Crippen LogP contribution in [-0.2, 0) is 0 Å². The number of benzene rings is 7. The second-order valence-corrected chi connectivity index (χ2v) is 12.3. The van der Waals surface area contributed by atoms with Crippen molar-refractivity contribution in [3.63, 3.8) is 0 Å². The van der Waals surface area contributed by atoms with Crippen molar-refractivity contribution in [2.45, 2.75) is 0 Å². The molecule has 0 radical (unpaired) electrons. The Morgan fingerprint density at radius 2 is 1.00 bits per heavy atom. The van der Waals surface area contributed by atoms with Crippen molar-refractivity contribution in [1.29, 1.82) is 15.8 Å². The Hall–Kier alpha value is -7.39. The lowest BCUT2D eigenvalue weighted by Crippen LogP contribution is -2.01. The topological polar surface area (TPSA) is 81.2 Å². The van der Waals surface area contributed by atoms with Gasteiger partial charge in [0.1, 0.15) is 6.07 Å². The molecule has 0 atom stereocenters. The van der Waals surface area contributed by atoms with Crippen LogP contribution in [0.1, 0.15) is 16.7 Å². The standard InChI is InChI=1S/C45H25N5/c46-26-29-19-24-43-38(25-29)36-12-3-6-17-42(36)50(43)44-18-7-9-31(27-47)45(44)37-14-8-13-33(39(37)28-48)30-20-22-32(23-21-30)49-40-15-4-1-10-34(40)35-11-2-5-16-41(35)49/h1-25H. The molecule has 0 aliphatic heterocycles.